The SMILES string of the molecule is N#CC(C#N)=NNc1cccc(C(=O)c2ccccc2)c1. The summed E-state index contributed by atoms with van der Waals surface area (Å²) in [6.07, 6.45) is 0. The number of hydrazone groups is 1. The maximum atomic E-state index is 12.3. The summed E-state index contributed by atoms with van der Waals surface area (Å²) < 4.78 is 0. The minimum atomic E-state index is -0.283. The molecular formula is C16H10N4O. The molecule has 0 aliphatic rings. The maximum Gasteiger partial charge on any atom is 0.237 e. The van der Waals surface area contributed by atoms with Crippen LogP contribution in [0.25, 0.3) is 0 Å². The van der Waals surface area contributed by atoms with E-state index in [1.165, 1.54) is 0 Å². The van der Waals surface area contributed by atoms with E-state index in [9.17, 15) is 4.79 Å². The average Bonchev–Trinajstić information content (AvgIpc) is 2.56. The summed E-state index contributed by atoms with van der Waals surface area (Å²) >= 11 is 0. The van der Waals surface area contributed by atoms with Gasteiger partial charge in [-0.25, -0.2) is 0 Å². The summed E-state index contributed by atoms with van der Waals surface area (Å²) in [7, 11) is 0. The van der Waals surface area contributed by atoms with Crippen LogP contribution in [0.3, 0.4) is 0 Å². The number of carbonyl (C=O) groups is 1. The first-order chi connectivity index (χ1) is 10.2. The summed E-state index contributed by atoms with van der Waals surface area (Å²) in [6, 6.07) is 18.9. The second kappa shape index (κ2) is 6.65. The van der Waals surface area contributed by atoms with Crippen LogP contribution >= 0.6 is 0 Å². The Hall–Kier alpha value is -3.44. The number of rotatable bonds is 4. The quantitative estimate of drug-likeness (QED) is 0.527. The minimum absolute atomic E-state index is 0.107. The van der Waals surface area contributed by atoms with Crippen molar-refractivity contribution in [3.8, 4) is 12.1 Å². The topological polar surface area (TPSA) is 89.0 Å². The van der Waals surface area contributed by atoms with Crippen molar-refractivity contribution in [3.63, 3.8) is 0 Å². The first-order valence-corrected chi connectivity index (χ1v) is 6.08. The first-order valence-electron chi connectivity index (χ1n) is 6.08. The van der Waals surface area contributed by atoms with Crippen molar-refractivity contribution in [3.05, 3.63) is 65.7 Å². The summed E-state index contributed by atoms with van der Waals surface area (Å²) in [5, 5.41) is 20.8. The average molecular weight is 274 g/mol. The summed E-state index contributed by atoms with van der Waals surface area (Å²) in [5.74, 6) is -0.107. The van der Waals surface area contributed by atoms with Gasteiger partial charge in [-0.1, -0.05) is 42.5 Å². The van der Waals surface area contributed by atoms with Gasteiger partial charge in [0.05, 0.1) is 5.69 Å². The molecular weight excluding hydrogens is 264 g/mol. The molecule has 0 saturated carbocycles. The Morgan fingerprint density at radius 2 is 1.62 bits per heavy atom. The number of ketones is 1. The normalized spacial score (nSPS) is 9.05. The number of anilines is 1. The Morgan fingerprint density at radius 3 is 2.29 bits per heavy atom. The standard InChI is InChI=1S/C16H10N4O/c17-10-15(11-18)20-19-14-8-4-7-13(9-14)16(21)12-5-2-1-3-6-12/h1-9,19H. The molecule has 2 aromatic rings. The summed E-state index contributed by atoms with van der Waals surface area (Å²) in [6.45, 7) is 0. The molecule has 21 heavy (non-hydrogen) atoms. The molecule has 0 saturated heterocycles. The second-order valence-corrected chi connectivity index (χ2v) is 4.07. The largest absolute Gasteiger partial charge is 0.289 e. The number of benzene rings is 2. The lowest BCUT2D eigenvalue weighted by Gasteiger charge is -2.04. The second-order valence-electron chi connectivity index (χ2n) is 4.07. The van der Waals surface area contributed by atoms with E-state index < -0.39 is 0 Å². The molecule has 0 aromatic heterocycles. The highest BCUT2D eigenvalue weighted by atomic mass is 16.1. The lowest BCUT2D eigenvalue weighted by Crippen LogP contribution is -2.02. The van der Waals surface area contributed by atoms with Crippen molar-refractivity contribution in [2.24, 2.45) is 5.10 Å². The molecule has 0 unspecified atom stereocenters. The van der Waals surface area contributed by atoms with Crippen LogP contribution in [-0.2, 0) is 0 Å². The van der Waals surface area contributed by atoms with Crippen LogP contribution < -0.4 is 5.43 Å². The fourth-order valence-corrected chi connectivity index (χ4v) is 1.68. The molecule has 0 aliphatic carbocycles. The monoisotopic (exact) mass is 274 g/mol. The molecule has 0 spiro atoms. The van der Waals surface area contributed by atoms with E-state index in [0.717, 1.165) is 0 Å². The predicted octanol–water partition coefficient (Wildman–Crippen LogP) is 2.73. The Balaban J connectivity index is 2.23. The third-order valence-electron chi connectivity index (χ3n) is 2.67. The van der Waals surface area contributed by atoms with Crippen LogP contribution in [0.15, 0.2) is 59.7 Å². The Kier molecular flexibility index (Phi) is 4.42. The molecule has 5 nitrogen and oxygen atoms in total. The van der Waals surface area contributed by atoms with Gasteiger partial charge in [0.25, 0.3) is 0 Å². The molecule has 1 N–H and O–H groups in total. The van der Waals surface area contributed by atoms with E-state index >= 15 is 0 Å². The highest BCUT2D eigenvalue weighted by Crippen LogP contribution is 2.15. The van der Waals surface area contributed by atoms with Gasteiger partial charge in [0, 0.05) is 11.1 Å². The zero-order valence-corrected chi connectivity index (χ0v) is 10.9. The van der Waals surface area contributed by atoms with Crippen LogP contribution in [0.5, 0.6) is 0 Å². The number of nitriles is 2. The zero-order chi connectivity index (χ0) is 15.1. The van der Waals surface area contributed by atoms with Crippen molar-refractivity contribution in [2.75, 3.05) is 5.43 Å². The van der Waals surface area contributed by atoms with Gasteiger partial charge in [-0.3, -0.25) is 10.2 Å². The van der Waals surface area contributed by atoms with Crippen molar-refractivity contribution in [1.29, 1.82) is 10.5 Å². The molecule has 0 aliphatic heterocycles. The van der Waals surface area contributed by atoms with Gasteiger partial charge in [0.15, 0.2) is 5.78 Å². The van der Waals surface area contributed by atoms with E-state index in [2.05, 4.69) is 10.5 Å². The van der Waals surface area contributed by atoms with Crippen molar-refractivity contribution in [1.82, 2.24) is 0 Å². The first kappa shape index (κ1) is 14.0. The fourth-order valence-electron chi connectivity index (χ4n) is 1.68. The molecule has 5 heteroatoms. The van der Waals surface area contributed by atoms with Crippen LogP contribution in [-0.4, -0.2) is 11.5 Å². The lowest BCUT2D eigenvalue weighted by atomic mass is 10.0. The molecule has 0 amide bonds. The van der Waals surface area contributed by atoms with Crippen LogP contribution in [0.2, 0.25) is 0 Å². The van der Waals surface area contributed by atoms with Gasteiger partial charge in [-0.2, -0.15) is 15.6 Å². The van der Waals surface area contributed by atoms with E-state index in [-0.39, 0.29) is 11.5 Å². The molecule has 0 heterocycles. The molecule has 0 radical (unpaired) electrons. The van der Waals surface area contributed by atoms with Gasteiger partial charge < -0.3 is 0 Å². The molecule has 100 valence electrons. The highest BCUT2D eigenvalue weighted by molar-refractivity contribution is 6.11. The number of nitrogens with zero attached hydrogens (tertiary/aromatic N) is 3. The smallest absolute Gasteiger partial charge is 0.237 e. The molecule has 0 atom stereocenters. The van der Waals surface area contributed by atoms with Gasteiger partial charge >= 0.3 is 0 Å². The Morgan fingerprint density at radius 1 is 0.952 bits per heavy atom. The van der Waals surface area contributed by atoms with E-state index in [4.69, 9.17) is 10.5 Å². The zero-order valence-electron chi connectivity index (χ0n) is 10.9. The third-order valence-corrected chi connectivity index (χ3v) is 2.67. The van der Waals surface area contributed by atoms with Gasteiger partial charge in [-0.05, 0) is 12.1 Å². The summed E-state index contributed by atoms with van der Waals surface area (Å²) in [5.41, 5.74) is 3.92. The number of nitrogens with one attached hydrogen (secondary N) is 1. The maximum absolute atomic E-state index is 12.3. The number of hydrogen-bond acceptors (Lipinski definition) is 5. The third kappa shape index (κ3) is 3.52. The van der Waals surface area contributed by atoms with Crippen molar-refractivity contribution >= 4 is 17.2 Å². The van der Waals surface area contributed by atoms with E-state index in [0.29, 0.717) is 16.8 Å². The Labute approximate surface area is 121 Å². The van der Waals surface area contributed by atoms with Crippen LogP contribution in [0, 0.1) is 22.7 Å². The summed E-state index contributed by atoms with van der Waals surface area (Å²) in [4.78, 5) is 12.3. The number of carbonyl (C=O) groups excluding carboxylic acids is 1. The minimum Gasteiger partial charge on any atom is -0.289 e. The Bertz CT molecular complexity index is 751. The predicted molar refractivity (Wildman–Crippen MR) is 78.6 cm³/mol. The highest BCUT2D eigenvalue weighted by Gasteiger charge is 2.08. The van der Waals surface area contributed by atoms with Crippen molar-refractivity contribution < 1.29 is 4.79 Å². The van der Waals surface area contributed by atoms with E-state index in [1.54, 1.807) is 60.7 Å². The van der Waals surface area contributed by atoms with Gasteiger partial charge in [0.2, 0.25) is 5.71 Å². The fraction of sp³-hybridized carbons (Fsp3) is 0. The van der Waals surface area contributed by atoms with Crippen LogP contribution in [0.1, 0.15) is 15.9 Å². The molecule has 2 rings (SSSR count). The lowest BCUT2D eigenvalue weighted by molar-refractivity contribution is 0.103. The molecule has 0 fully saturated rings. The number of hydrogen-bond donors (Lipinski definition) is 1. The van der Waals surface area contributed by atoms with Crippen molar-refractivity contribution in [2.45, 2.75) is 0 Å². The van der Waals surface area contributed by atoms with Crippen LogP contribution in [0.4, 0.5) is 5.69 Å². The molecule has 2 aromatic carbocycles. The molecule has 0 bridgehead atoms. The van der Waals surface area contributed by atoms with E-state index in [1.807, 2.05) is 6.07 Å². The van der Waals surface area contributed by atoms with Gasteiger partial charge in [0.1, 0.15) is 12.1 Å². The van der Waals surface area contributed by atoms with Gasteiger partial charge in [-0.15, -0.1) is 0 Å².